The Morgan fingerprint density at radius 3 is 2.59 bits per heavy atom. The number of hydrogen-bond acceptors (Lipinski definition) is 6. The molecule has 0 unspecified atom stereocenters. The predicted molar refractivity (Wildman–Crippen MR) is 96.6 cm³/mol. The minimum atomic E-state index is -4.49. The SMILES string of the molecule is O=C(COC(=O)c1ccccc1Nc1cccc(C(F)(F)F)c1)Nc1ccon1. The highest BCUT2D eigenvalue weighted by Crippen LogP contribution is 2.32. The van der Waals surface area contributed by atoms with Crippen LogP contribution >= 0.6 is 0 Å². The number of nitrogens with one attached hydrogen (secondary N) is 2. The number of hydrogen-bond donors (Lipinski definition) is 2. The molecule has 7 nitrogen and oxygen atoms in total. The molecular formula is C19H14F3N3O4. The Hall–Kier alpha value is -3.82. The Morgan fingerprint density at radius 1 is 1.07 bits per heavy atom. The number of carbonyl (C=O) groups excluding carboxylic acids is 2. The second kappa shape index (κ2) is 8.46. The van der Waals surface area contributed by atoms with E-state index in [0.29, 0.717) is 0 Å². The summed E-state index contributed by atoms with van der Waals surface area (Å²) >= 11 is 0. The van der Waals surface area contributed by atoms with E-state index >= 15 is 0 Å². The van der Waals surface area contributed by atoms with Crippen LogP contribution in [0.3, 0.4) is 0 Å². The second-order valence-corrected chi connectivity index (χ2v) is 5.76. The number of benzene rings is 2. The number of esters is 1. The van der Waals surface area contributed by atoms with Gasteiger partial charge in [0, 0.05) is 11.8 Å². The van der Waals surface area contributed by atoms with E-state index in [9.17, 15) is 22.8 Å². The molecular weight excluding hydrogens is 391 g/mol. The molecule has 0 bridgehead atoms. The number of rotatable bonds is 6. The van der Waals surface area contributed by atoms with Crippen molar-refractivity contribution in [2.45, 2.75) is 6.18 Å². The molecule has 0 saturated carbocycles. The molecule has 0 aliphatic rings. The fourth-order valence-corrected chi connectivity index (χ4v) is 2.36. The molecule has 0 saturated heterocycles. The number of nitrogens with zero attached hydrogens (tertiary/aromatic N) is 1. The Bertz CT molecular complexity index is 1000. The van der Waals surface area contributed by atoms with Crippen LogP contribution in [0.5, 0.6) is 0 Å². The lowest BCUT2D eigenvalue weighted by atomic mass is 10.1. The number of aromatic nitrogens is 1. The van der Waals surface area contributed by atoms with Gasteiger partial charge in [-0.2, -0.15) is 13.2 Å². The number of carbonyl (C=O) groups is 2. The molecule has 1 amide bonds. The number of amides is 1. The first kappa shape index (κ1) is 19.9. The molecule has 2 N–H and O–H groups in total. The lowest BCUT2D eigenvalue weighted by Gasteiger charge is -2.13. The van der Waals surface area contributed by atoms with Gasteiger partial charge in [0.1, 0.15) is 6.26 Å². The van der Waals surface area contributed by atoms with Crippen LogP contribution in [0.2, 0.25) is 0 Å². The van der Waals surface area contributed by atoms with E-state index in [-0.39, 0.29) is 22.8 Å². The number of halogens is 3. The van der Waals surface area contributed by atoms with E-state index in [4.69, 9.17) is 4.74 Å². The third-order valence-corrected chi connectivity index (χ3v) is 3.66. The molecule has 0 aliphatic carbocycles. The largest absolute Gasteiger partial charge is 0.452 e. The van der Waals surface area contributed by atoms with Gasteiger partial charge >= 0.3 is 12.1 Å². The maximum Gasteiger partial charge on any atom is 0.416 e. The van der Waals surface area contributed by atoms with Crippen LogP contribution in [0.15, 0.2) is 65.4 Å². The van der Waals surface area contributed by atoms with Gasteiger partial charge in [0.05, 0.1) is 16.8 Å². The standard InChI is InChI=1S/C19H14F3N3O4/c20-19(21,22)12-4-3-5-13(10-12)23-15-7-2-1-6-14(15)18(27)28-11-17(26)24-16-8-9-29-25-16/h1-10,23H,11H2,(H,24,25,26). The summed E-state index contributed by atoms with van der Waals surface area (Å²) < 4.78 is 48.2. The topological polar surface area (TPSA) is 93.5 Å². The molecule has 10 heteroatoms. The highest BCUT2D eigenvalue weighted by atomic mass is 19.4. The lowest BCUT2D eigenvalue weighted by Crippen LogP contribution is -2.21. The molecule has 0 spiro atoms. The quantitative estimate of drug-likeness (QED) is 0.596. The first-order valence-electron chi connectivity index (χ1n) is 8.23. The normalized spacial score (nSPS) is 11.0. The van der Waals surface area contributed by atoms with E-state index < -0.39 is 30.2 Å². The Kier molecular flexibility index (Phi) is 5.82. The van der Waals surface area contributed by atoms with E-state index in [1.165, 1.54) is 36.6 Å². The van der Waals surface area contributed by atoms with Gasteiger partial charge in [-0.15, -0.1) is 0 Å². The van der Waals surface area contributed by atoms with Crippen LogP contribution < -0.4 is 10.6 Å². The van der Waals surface area contributed by atoms with E-state index in [2.05, 4.69) is 20.3 Å². The summed E-state index contributed by atoms with van der Waals surface area (Å²) in [6.45, 7) is -0.580. The molecule has 29 heavy (non-hydrogen) atoms. The van der Waals surface area contributed by atoms with Gasteiger partial charge in [-0.05, 0) is 30.3 Å². The maximum atomic E-state index is 12.9. The van der Waals surface area contributed by atoms with E-state index in [1.54, 1.807) is 12.1 Å². The number of anilines is 3. The van der Waals surface area contributed by atoms with Crippen molar-refractivity contribution in [3.05, 3.63) is 72.0 Å². The molecule has 3 aromatic rings. The van der Waals surface area contributed by atoms with Gasteiger partial charge in [0.15, 0.2) is 12.4 Å². The minimum absolute atomic E-state index is 0.0548. The first-order chi connectivity index (χ1) is 13.8. The van der Waals surface area contributed by atoms with Crippen molar-refractivity contribution < 1.29 is 32.0 Å². The van der Waals surface area contributed by atoms with Crippen molar-refractivity contribution in [2.24, 2.45) is 0 Å². The van der Waals surface area contributed by atoms with Crippen molar-refractivity contribution in [1.29, 1.82) is 0 Å². The summed E-state index contributed by atoms with van der Waals surface area (Å²) in [5.41, 5.74) is -0.399. The van der Waals surface area contributed by atoms with Crippen molar-refractivity contribution >= 4 is 29.1 Å². The average Bonchev–Trinajstić information content (AvgIpc) is 3.19. The number of para-hydroxylation sites is 1. The molecule has 0 aliphatic heterocycles. The van der Waals surface area contributed by atoms with Crippen LogP contribution in [0.1, 0.15) is 15.9 Å². The summed E-state index contributed by atoms with van der Waals surface area (Å²) in [4.78, 5) is 24.1. The van der Waals surface area contributed by atoms with Gasteiger partial charge in [-0.1, -0.05) is 23.4 Å². The summed E-state index contributed by atoms with van der Waals surface area (Å²) in [5.74, 6) is -1.29. The average molecular weight is 405 g/mol. The van der Waals surface area contributed by atoms with Gasteiger partial charge in [-0.25, -0.2) is 4.79 Å². The van der Waals surface area contributed by atoms with Crippen molar-refractivity contribution in [2.75, 3.05) is 17.2 Å². The molecule has 0 atom stereocenters. The minimum Gasteiger partial charge on any atom is -0.452 e. The van der Waals surface area contributed by atoms with Crippen molar-refractivity contribution in [1.82, 2.24) is 5.16 Å². The molecule has 1 aromatic heterocycles. The summed E-state index contributed by atoms with van der Waals surface area (Å²) in [6, 6.07) is 12.1. The zero-order valence-electron chi connectivity index (χ0n) is 14.7. The van der Waals surface area contributed by atoms with Crippen molar-refractivity contribution in [3.8, 4) is 0 Å². The Morgan fingerprint density at radius 2 is 1.86 bits per heavy atom. The smallest absolute Gasteiger partial charge is 0.416 e. The van der Waals surface area contributed by atoms with Crippen LogP contribution in [-0.4, -0.2) is 23.6 Å². The lowest BCUT2D eigenvalue weighted by molar-refractivity contribution is -0.137. The van der Waals surface area contributed by atoms with E-state index in [1.807, 2.05) is 0 Å². The highest BCUT2D eigenvalue weighted by Gasteiger charge is 2.30. The van der Waals surface area contributed by atoms with Crippen LogP contribution in [0.25, 0.3) is 0 Å². The zero-order chi connectivity index (χ0) is 20.9. The number of alkyl halides is 3. The van der Waals surface area contributed by atoms with Gasteiger partial charge < -0.3 is 19.9 Å². The van der Waals surface area contributed by atoms with Crippen LogP contribution in [0.4, 0.5) is 30.4 Å². The Balaban J connectivity index is 1.68. The number of ether oxygens (including phenoxy) is 1. The summed E-state index contributed by atoms with van der Waals surface area (Å²) in [7, 11) is 0. The Labute approximate surface area is 162 Å². The van der Waals surface area contributed by atoms with Crippen LogP contribution in [-0.2, 0) is 15.7 Å². The first-order valence-corrected chi connectivity index (χ1v) is 8.23. The molecule has 1 heterocycles. The maximum absolute atomic E-state index is 12.9. The van der Waals surface area contributed by atoms with Gasteiger partial charge in [0.2, 0.25) is 0 Å². The highest BCUT2D eigenvalue weighted by molar-refractivity contribution is 5.98. The second-order valence-electron chi connectivity index (χ2n) is 5.76. The molecule has 0 radical (unpaired) electrons. The monoisotopic (exact) mass is 405 g/mol. The third kappa shape index (κ3) is 5.34. The van der Waals surface area contributed by atoms with Crippen LogP contribution in [0, 0.1) is 0 Å². The predicted octanol–water partition coefficient (Wildman–Crippen LogP) is 4.23. The molecule has 2 aromatic carbocycles. The summed E-state index contributed by atoms with van der Waals surface area (Å²) in [5, 5.41) is 8.62. The molecule has 3 rings (SSSR count). The third-order valence-electron chi connectivity index (χ3n) is 3.66. The molecule has 0 fully saturated rings. The van der Waals surface area contributed by atoms with E-state index in [0.717, 1.165) is 12.1 Å². The summed E-state index contributed by atoms with van der Waals surface area (Å²) in [6.07, 6.45) is -3.23. The fraction of sp³-hybridized carbons (Fsp3) is 0.105. The molecule has 150 valence electrons. The van der Waals surface area contributed by atoms with Gasteiger partial charge in [0.25, 0.3) is 5.91 Å². The van der Waals surface area contributed by atoms with Gasteiger partial charge in [-0.3, -0.25) is 4.79 Å². The van der Waals surface area contributed by atoms with Crippen molar-refractivity contribution in [3.63, 3.8) is 0 Å². The fourth-order valence-electron chi connectivity index (χ4n) is 2.36. The zero-order valence-corrected chi connectivity index (χ0v) is 14.7.